The number of aromatic nitrogens is 3. The summed E-state index contributed by atoms with van der Waals surface area (Å²) < 4.78 is 2.63. The average Bonchev–Trinajstić information content (AvgIpc) is 3.21. The van der Waals surface area contributed by atoms with Gasteiger partial charge in [0.1, 0.15) is 12.4 Å². The number of para-hydroxylation sites is 2. The van der Waals surface area contributed by atoms with Crippen molar-refractivity contribution in [2.24, 2.45) is 5.73 Å². The minimum atomic E-state index is -0.550. The first-order valence-corrected chi connectivity index (χ1v) is 11.2. The molecular weight excluding hydrogens is 410 g/mol. The highest BCUT2D eigenvalue weighted by Gasteiger charge is 2.25. The van der Waals surface area contributed by atoms with Crippen molar-refractivity contribution in [3.05, 3.63) is 69.7 Å². The van der Waals surface area contributed by atoms with Crippen LogP contribution < -0.4 is 11.3 Å². The van der Waals surface area contributed by atoms with E-state index in [-0.39, 0.29) is 12.1 Å². The third-order valence-corrected chi connectivity index (χ3v) is 6.98. The summed E-state index contributed by atoms with van der Waals surface area (Å²) in [4.78, 5) is 36.5. The van der Waals surface area contributed by atoms with Gasteiger partial charge in [-0.25, -0.2) is 9.97 Å². The molecule has 0 radical (unpaired) electrons. The number of nitrogens with zero attached hydrogens (tertiary/aromatic N) is 4. The van der Waals surface area contributed by atoms with Gasteiger partial charge in [-0.3, -0.25) is 19.1 Å². The van der Waals surface area contributed by atoms with Crippen LogP contribution in [0.15, 0.2) is 53.3 Å². The number of fused-ring (bicyclic) bond motifs is 2. The molecule has 3 heterocycles. The number of hydrogen-bond acceptors (Lipinski definition) is 6. The molecule has 1 amide bonds. The van der Waals surface area contributed by atoms with E-state index in [9.17, 15) is 9.59 Å². The van der Waals surface area contributed by atoms with Crippen molar-refractivity contribution in [1.82, 2.24) is 19.4 Å². The molecule has 1 saturated heterocycles. The van der Waals surface area contributed by atoms with Crippen LogP contribution in [0.3, 0.4) is 0 Å². The fraction of sp³-hybridized carbons (Fsp3) is 0.304. The fourth-order valence-electron chi connectivity index (χ4n) is 4.32. The molecule has 1 fully saturated rings. The molecule has 2 aromatic heterocycles. The first kappa shape index (κ1) is 19.8. The summed E-state index contributed by atoms with van der Waals surface area (Å²) in [5.74, 6) is 0.377. The van der Waals surface area contributed by atoms with E-state index < -0.39 is 5.91 Å². The molecule has 0 bridgehead atoms. The molecule has 0 saturated carbocycles. The van der Waals surface area contributed by atoms with Crippen molar-refractivity contribution in [2.45, 2.75) is 31.8 Å². The van der Waals surface area contributed by atoms with Crippen molar-refractivity contribution in [1.29, 1.82) is 0 Å². The number of primary amides is 1. The van der Waals surface area contributed by atoms with Crippen molar-refractivity contribution < 1.29 is 4.79 Å². The Balaban J connectivity index is 1.44. The number of carbonyl (C=O) groups excluding carboxylic acids is 1. The molecule has 0 spiro atoms. The van der Waals surface area contributed by atoms with Gasteiger partial charge in [0.15, 0.2) is 0 Å². The molecule has 5 rings (SSSR count). The minimum absolute atomic E-state index is 0.166. The molecule has 2 N–H and O–H groups in total. The Kier molecular flexibility index (Phi) is 5.25. The predicted molar refractivity (Wildman–Crippen MR) is 122 cm³/mol. The number of amides is 1. The van der Waals surface area contributed by atoms with Crippen LogP contribution in [0.25, 0.3) is 21.1 Å². The van der Waals surface area contributed by atoms with Crippen molar-refractivity contribution in [2.75, 3.05) is 13.1 Å². The Hall–Kier alpha value is -3.10. The first-order chi connectivity index (χ1) is 15.1. The fourth-order valence-corrected chi connectivity index (χ4v) is 5.41. The first-order valence-electron chi connectivity index (χ1n) is 10.4. The number of carbonyl (C=O) groups is 1. The summed E-state index contributed by atoms with van der Waals surface area (Å²) >= 11 is 1.76. The maximum atomic E-state index is 13.0. The zero-order valence-electron chi connectivity index (χ0n) is 17.0. The summed E-state index contributed by atoms with van der Waals surface area (Å²) in [6.07, 6.45) is 2.14. The van der Waals surface area contributed by atoms with Gasteiger partial charge in [0.2, 0.25) is 5.91 Å². The largest absolute Gasteiger partial charge is 0.368 e. The molecule has 1 atom stereocenters. The summed E-state index contributed by atoms with van der Waals surface area (Å²) in [5.41, 5.74) is 6.89. The molecule has 31 heavy (non-hydrogen) atoms. The maximum absolute atomic E-state index is 13.0. The highest BCUT2D eigenvalue weighted by molar-refractivity contribution is 7.18. The minimum Gasteiger partial charge on any atom is -0.368 e. The Bertz CT molecular complexity index is 1300. The van der Waals surface area contributed by atoms with Gasteiger partial charge in [0, 0.05) is 12.5 Å². The molecule has 2 aromatic carbocycles. The smallest absolute Gasteiger partial charge is 0.261 e. The number of piperidine rings is 1. The van der Waals surface area contributed by atoms with Crippen LogP contribution in [-0.2, 0) is 17.9 Å². The molecular formula is C23H23N5O2S. The summed E-state index contributed by atoms with van der Waals surface area (Å²) in [5, 5.41) is 1.66. The summed E-state index contributed by atoms with van der Waals surface area (Å²) in [6.45, 7) is 2.09. The second-order valence-electron chi connectivity index (χ2n) is 8.00. The molecule has 8 heteroatoms. The van der Waals surface area contributed by atoms with Gasteiger partial charge in [0.05, 0.1) is 32.7 Å². The quantitative estimate of drug-likeness (QED) is 0.522. The van der Waals surface area contributed by atoms with Crippen molar-refractivity contribution in [3.63, 3.8) is 0 Å². The van der Waals surface area contributed by atoms with Gasteiger partial charge in [-0.05, 0) is 43.7 Å². The lowest BCUT2D eigenvalue weighted by Gasteiger charge is -2.32. The SMILES string of the molecule is NC(=O)Cn1c(CN2CCCC(c3nc4ccccc4s3)C2)nc2ccccc2c1=O. The number of thiazole rings is 1. The second kappa shape index (κ2) is 8.20. The Morgan fingerprint density at radius 2 is 1.87 bits per heavy atom. The Labute approximate surface area is 183 Å². The van der Waals surface area contributed by atoms with Gasteiger partial charge in [-0.1, -0.05) is 24.3 Å². The van der Waals surface area contributed by atoms with Gasteiger partial charge in [-0.2, -0.15) is 0 Å². The van der Waals surface area contributed by atoms with Crippen LogP contribution in [0.5, 0.6) is 0 Å². The number of nitrogens with two attached hydrogens (primary N) is 1. The van der Waals surface area contributed by atoms with E-state index in [4.69, 9.17) is 15.7 Å². The molecule has 1 aliphatic rings. The monoisotopic (exact) mass is 433 g/mol. The van der Waals surface area contributed by atoms with Crippen LogP contribution in [0.1, 0.15) is 29.6 Å². The molecule has 0 aliphatic carbocycles. The Morgan fingerprint density at radius 1 is 1.10 bits per heavy atom. The number of hydrogen-bond donors (Lipinski definition) is 1. The van der Waals surface area contributed by atoms with Crippen LogP contribution in [0.2, 0.25) is 0 Å². The summed E-state index contributed by atoms with van der Waals surface area (Å²) in [7, 11) is 0. The van der Waals surface area contributed by atoms with Crippen LogP contribution in [0.4, 0.5) is 0 Å². The van der Waals surface area contributed by atoms with Gasteiger partial charge >= 0.3 is 0 Å². The third-order valence-electron chi connectivity index (χ3n) is 5.78. The summed E-state index contributed by atoms with van der Waals surface area (Å²) in [6, 6.07) is 15.4. The lowest BCUT2D eigenvalue weighted by molar-refractivity contribution is -0.118. The normalized spacial score (nSPS) is 17.4. The van der Waals surface area contributed by atoms with E-state index in [0.717, 1.165) is 36.5 Å². The third kappa shape index (κ3) is 3.96. The number of likely N-dealkylation sites (tertiary alicyclic amines) is 1. The van der Waals surface area contributed by atoms with E-state index in [0.29, 0.717) is 29.2 Å². The van der Waals surface area contributed by atoms with E-state index in [1.807, 2.05) is 24.3 Å². The Morgan fingerprint density at radius 3 is 2.68 bits per heavy atom. The molecule has 1 unspecified atom stereocenters. The number of rotatable bonds is 5. The predicted octanol–water partition coefficient (Wildman–Crippen LogP) is 2.87. The van der Waals surface area contributed by atoms with Gasteiger partial charge < -0.3 is 5.73 Å². The lowest BCUT2D eigenvalue weighted by Crippen LogP contribution is -2.38. The maximum Gasteiger partial charge on any atom is 0.261 e. The van der Waals surface area contributed by atoms with Crippen LogP contribution in [0, 0.1) is 0 Å². The molecule has 7 nitrogen and oxygen atoms in total. The molecule has 158 valence electrons. The van der Waals surface area contributed by atoms with Crippen LogP contribution >= 0.6 is 11.3 Å². The second-order valence-corrected chi connectivity index (χ2v) is 9.06. The molecule has 4 aromatic rings. The van der Waals surface area contributed by atoms with Crippen molar-refractivity contribution >= 4 is 38.4 Å². The van der Waals surface area contributed by atoms with Gasteiger partial charge in [0.25, 0.3) is 5.56 Å². The molecule has 1 aliphatic heterocycles. The topological polar surface area (TPSA) is 94.1 Å². The zero-order chi connectivity index (χ0) is 21.4. The average molecular weight is 434 g/mol. The lowest BCUT2D eigenvalue weighted by atomic mass is 9.98. The van der Waals surface area contributed by atoms with E-state index in [1.165, 1.54) is 9.27 Å². The standard InChI is InChI=1S/C23H23N5O2S/c24-20(29)13-28-21(25-17-8-2-1-7-16(17)23(28)30)14-27-11-5-6-15(12-27)22-26-18-9-3-4-10-19(18)31-22/h1-4,7-10,15H,5-6,11-14H2,(H2,24,29). The van der Waals surface area contributed by atoms with E-state index in [2.05, 4.69) is 17.0 Å². The van der Waals surface area contributed by atoms with Crippen molar-refractivity contribution in [3.8, 4) is 0 Å². The van der Waals surface area contributed by atoms with E-state index >= 15 is 0 Å². The van der Waals surface area contributed by atoms with E-state index in [1.54, 1.807) is 23.5 Å². The zero-order valence-corrected chi connectivity index (χ0v) is 17.8. The van der Waals surface area contributed by atoms with Crippen LogP contribution in [-0.4, -0.2) is 38.4 Å². The highest BCUT2D eigenvalue weighted by Crippen LogP contribution is 2.33. The van der Waals surface area contributed by atoms with Gasteiger partial charge in [-0.15, -0.1) is 11.3 Å². The highest BCUT2D eigenvalue weighted by atomic mass is 32.1. The number of benzene rings is 2.